The quantitative estimate of drug-likeness (QED) is 0.661. The van der Waals surface area contributed by atoms with Gasteiger partial charge in [-0.25, -0.2) is 0 Å². The van der Waals surface area contributed by atoms with E-state index >= 15 is 0 Å². The van der Waals surface area contributed by atoms with Gasteiger partial charge in [-0.1, -0.05) is 56.1 Å². The Hall–Kier alpha value is -1.53. The number of carbonyl (C=O) groups is 1. The number of aliphatic carboxylic acids is 1. The van der Waals surface area contributed by atoms with E-state index in [9.17, 15) is 20.1 Å². The number of hydrogen-bond acceptors (Lipinski definition) is 3. The van der Waals surface area contributed by atoms with Crippen LogP contribution < -0.4 is 0 Å². The average Bonchev–Trinajstić information content (AvgIpc) is 2.47. The van der Waals surface area contributed by atoms with Crippen LogP contribution in [0.5, 0.6) is 11.5 Å². The van der Waals surface area contributed by atoms with Crippen LogP contribution in [0.25, 0.3) is 0 Å². The molecule has 0 saturated carbocycles. The second kappa shape index (κ2) is 6.07. The van der Waals surface area contributed by atoms with Gasteiger partial charge in [-0.05, 0) is 35.4 Å². The molecule has 0 spiro atoms. The third kappa shape index (κ3) is 3.06. The zero-order valence-electron chi connectivity index (χ0n) is 10.7. The predicted octanol–water partition coefficient (Wildman–Crippen LogP) is 3.91. The fourth-order valence-corrected chi connectivity index (χ4v) is 3.25. The van der Waals surface area contributed by atoms with E-state index in [2.05, 4.69) is 31.9 Å². The molecule has 2 aromatic rings. The first-order valence-corrected chi connectivity index (χ1v) is 7.71. The van der Waals surface area contributed by atoms with E-state index < -0.39 is 15.1 Å². The average molecular weight is 416 g/mol. The molecule has 6 heteroatoms. The smallest absolute Gasteiger partial charge is 0.326 e. The van der Waals surface area contributed by atoms with Gasteiger partial charge >= 0.3 is 5.97 Å². The fourth-order valence-electron chi connectivity index (χ4n) is 1.96. The predicted molar refractivity (Wildman–Crippen MR) is 86.1 cm³/mol. The lowest BCUT2D eigenvalue weighted by atomic mass is 9.91. The second-order valence-corrected chi connectivity index (χ2v) is 6.68. The molecule has 0 bridgehead atoms. The number of hydrogen-bond donors (Lipinski definition) is 3. The van der Waals surface area contributed by atoms with Crippen LogP contribution in [0, 0.1) is 0 Å². The lowest BCUT2D eigenvalue weighted by molar-refractivity contribution is -0.139. The molecule has 2 unspecified atom stereocenters. The van der Waals surface area contributed by atoms with E-state index in [1.54, 1.807) is 24.3 Å². The molecule has 0 heterocycles. The molecular weight excluding hydrogens is 404 g/mol. The van der Waals surface area contributed by atoms with Crippen LogP contribution in [0.1, 0.15) is 16.0 Å². The number of carboxylic acids is 1. The van der Waals surface area contributed by atoms with Gasteiger partial charge in [0.25, 0.3) is 0 Å². The van der Waals surface area contributed by atoms with E-state index in [-0.39, 0.29) is 11.5 Å². The Bertz CT molecular complexity index is 640. The van der Waals surface area contributed by atoms with Gasteiger partial charge in [-0.15, -0.1) is 0 Å². The molecule has 4 nitrogen and oxygen atoms in total. The first kappa shape index (κ1) is 15.9. The zero-order valence-corrected chi connectivity index (χ0v) is 13.9. The third-order valence-electron chi connectivity index (χ3n) is 3.13. The Labute approximate surface area is 138 Å². The first-order valence-electron chi connectivity index (χ1n) is 6.00. The molecule has 0 aliphatic heterocycles. The first-order chi connectivity index (χ1) is 9.85. The molecule has 2 rings (SSSR count). The maximum absolute atomic E-state index is 11.8. The van der Waals surface area contributed by atoms with Gasteiger partial charge in [0.05, 0.1) is 4.83 Å². The molecular formula is C15H12Br2O4. The number of halogens is 2. The Morgan fingerprint density at radius 1 is 0.952 bits per heavy atom. The normalized spacial score (nSPS) is 15.1. The molecule has 0 aromatic heterocycles. The zero-order chi connectivity index (χ0) is 15.6. The third-order valence-corrected chi connectivity index (χ3v) is 6.22. The van der Waals surface area contributed by atoms with Crippen molar-refractivity contribution in [2.24, 2.45) is 0 Å². The SMILES string of the molecule is O=C(O)C(Br)(c1ccc(O)cc1)C(Br)c1ccc(O)cc1. The van der Waals surface area contributed by atoms with Gasteiger partial charge in [0.15, 0.2) is 4.32 Å². The fraction of sp³-hybridized carbons (Fsp3) is 0.133. The highest BCUT2D eigenvalue weighted by atomic mass is 79.9. The second-order valence-electron chi connectivity index (χ2n) is 4.52. The van der Waals surface area contributed by atoms with Crippen LogP contribution in [-0.4, -0.2) is 21.3 Å². The molecule has 21 heavy (non-hydrogen) atoms. The molecule has 0 fully saturated rings. The minimum Gasteiger partial charge on any atom is -0.508 e. The van der Waals surface area contributed by atoms with Crippen molar-refractivity contribution >= 4 is 37.8 Å². The van der Waals surface area contributed by atoms with Crippen molar-refractivity contribution in [3.63, 3.8) is 0 Å². The van der Waals surface area contributed by atoms with Crippen molar-refractivity contribution in [2.45, 2.75) is 9.15 Å². The van der Waals surface area contributed by atoms with Gasteiger partial charge in [-0.3, -0.25) is 4.79 Å². The molecule has 2 atom stereocenters. The standard InChI is InChI=1S/C15H12Br2O4/c16-13(9-1-5-11(18)6-2-9)15(17,14(20)21)10-3-7-12(19)8-4-10/h1-8,13,18-19H,(H,20,21). The molecule has 0 aliphatic carbocycles. The summed E-state index contributed by atoms with van der Waals surface area (Å²) < 4.78 is -1.41. The van der Waals surface area contributed by atoms with Gasteiger partial charge in [0, 0.05) is 0 Å². The molecule has 3 N–H and O–H groups in total. The van der Waals surface area contributed by atoms with Crippen molar-refractivity contribution in [3.05, 3.63) is 59.7 Å². The summed E-state index contributed by atoms with van der Waals surface area (Å²) in [5, 5.41) is 28.3. The van der Waals surface area contributed by atoms with E-state index in [0.29, 0.717) is 11.1 Å². The highest BCUT2D eigenvalue weighted by Crippen LogP contribution is 2.48. The van der Waals surface area contributed by atoms with E-state index in [1.165, 1.54) is 24.3 Å². The van der Waals surface area contributed by atoms with Gasteiger partial charge in [-0.2, -0.15) is 0 Å². The lowest BCUT2D eigenvalue weighted by Crippen LogP contribution is -2.33. The van der Waals surface area contributed by atoms with Crippen LogP contribution >= 0.6 is 31.9 Å². The Kier molecular flexibility index (Phi) is 4.58. The molecule has 0 saturated heterocycles. The minimum atomic E-state index is -1.41. The summed E-state index contributed by atoms with van der Waals surface area (Å²) in [5.41, 5.74) is 1.18. The Balaban J connectivity index is 2.48. The van der Waals surface area contributed by atoms with Crippen molar-refractivity contribution in [1.29, 1.82) is 0 Å². The van der Waals surface area contributed by atoms with Gasteiger partial charge < -0.3 is 15.3 Å². The lowest BCUT2D eigenvalue weighted by Gasteiger charge is -2.29. The summed E-state index contributed by atoms with van der Waals surface area (Å²) in [5.74, 6) is -0.892. The van der Waals surface area contributed by atoms with Crippen molar-refractivity contribution < 1.29 is 20.1 Å². The minimum absolute atomic E-state index is 0.0646. The molecule has 0 aliphatic rings. The summed E-state index contributed by atoms with van der Waals surface area (Å²) in [6, 6.07) is 12.3. The van der Waals surface area contributed by atoms with Crippen LogP contribution in [0.2, 0.25) is 0 Å². The number of benzene rings is 2. The number of phenols is 2. The van der Waals surface area contributed by atoms with Crippen LogP contribution in [0.4, 0.5) is 0 Å². The number of aromatic hydroxyl groups is 2. The molecule has 0 radical (unpaired) electrons. The maximum Gasteiger partial charge on any atom is 0.326 e. The molecule has 2 aromatic carbocycles. The van der Waals surface area contributed by atoms with Crippen LogP contribution in [-0.2, 0) is 9.12 Å². The van der Waals surface area contributed by atoms with E-state index in [0.717, 1.165) is 0 Å². The monoisotopic (exact) mass is 414 g/mol. The highest BCUT2D eigenvalue weighted by molar-refractivity contribution is 9.12. The number of alkyl halides is 2. The topological polar surface area (TPSA) is 77.8 Å². The maximum atomic E-state index is 11.8. The number of carboxylic acid groups (broad SMARTS) is 1. The summed E-state index contributed by atoms with van der Waals surface area (Å²) in [6.45, 7) is 0. The van der Waals surface area contributed by atoms with Gasteiger partial charge in [0.2, 0.25) is 0 Å². The van der Waals surface area contributed by atoms with E-state index in [1.807, 2.05) is 0 Å². The van der Waals surface area contributed by atoms with Crippen molar-refractivity contribution in [1.82, 2.24) is 0 Å². The van der Waals surface area contributed by atoms with Gasteiger partial charge in [0.1, 0.15) is 11.5 Å². The number of phenolic OH excluding ortho intramolecular Hbond substituents is 2. The van der Waals surface area contributed by atoms with Crippen molar-refractivity contribution in [3.8, 4) is 11.5 Å². The molecule has 110 valence electrons. The van der Waals surface area contributed by atoms with Crippen molar-refractivity contribution in [2.75, 3.05) is 0 Å². The van der Waals surface area contributed by atoms with Crippen LogP contribution in [0.3, 0.4) is 0 Å². The summed E-state index contributed by atoms with van der Waals surface area (Å²) in [4.78, 5) is 11.2. The largest absolute Gasteiger partial charge is 0.508 e. The summed E-state index contributed by atoms with van der Waals surface area (Å²) >= 11 is 6.73. The Morgan fingerprint density at radius 3 is 1.81 bits per heavy atom. The van der Waals surface area contributed by atoms with Crippen LogP contribution in [0.15, 0.2) is 48.5 Å². The summed E-state index contributed by atoms with van der Waals surface area (Å²) in [7, 11) is 0. The summed E-state index contributed by atoms with van der Waals surface area (Å²) in [6.07, 6.45) is 0. The number of rotatable bonds is 4. The molecule has 0 amide bonds. The highest BCUT2D eigenvalue weighted by Gasteiger charge is 2.45. The Morgan fingerprint density at radius 2 is 1.38 bits per heavy atom. The van der Waals surface area contributed by atoms with E-state index in [4.69, 9.17) is 0 Å².